The zero-order valence-corrected chi connectivity index (χ0v) is 7.37. The van der Waals surface area contributed by atoms with Crippen LogP contribution in [0.1, 0.15) is 6.42 Å². The summed E-state index contributed by atoms with van der Waals surface area (Å²) in [5.41, 5.74) is 0. The molecule has 1 saturated heterocycles. The summed E-state index contributed by atoms with van der Waals surface area (Å²) in [4.78, 5) is 21.6. The highest BCUT2D eigenvalue weighted by Crippen LogP contribution is 2.19. The monoisotopic (exact) mass is 193 g/mol. The summed E-state index contributed by atoms with van der Waals surface area (Å²) in [5, 5.41) is 2.58. The van der Waals surface area contributed by atoms with Gasteiger partial charge in [0.2, 0.25) is 11.0 Å². The Kier molecular flexibility index (Phi) is 3.20. The van der Waals surface area contributed by atoms with E-state index in [2.05, 4.69) is 5.32 Å². The van der Waals surface area contributed by atoms with E-state index in [1.165, 1.54) is 11.8 Å². The second kappa shape index (κ2) is 3.97. The van der Waals surface area contributed by atoms with E-state index in [0.29, 0.717) is 0 Å². The van der Waals surface area contributed by atoms with E-state index >= 15 is 0 Å². The zero-order chi connectivity index (χ0) is 8.27. The third-order valence-corrected chi connectivity index (χ3v) is 2.64. The lowest BCUT2D eigenvalue weighted by Crippen LogP contribution is -2.37. The van der Waals surface area contributed by atoms with Crippen molar-refractivity contribution in [2.45, 2.75) is 12.5 Å². The third-order valence-electron chi connectivity index (χ3n) is 1.39. The highest BCUT2D eigenvalue weighted by atomic mass is 35.5. The maximum Gasteiger partial charge on any atom is 0.235 e. The summed E-state index contributed by atoms with van der Waals surface area (Å²) in [6.45, 7) is 0. The molecule has 1 unspecified atom stereocenters. The lowest BCUT2D eigenvalue weighted by Gasteiger charge is -2.07. The van der Waals surface area contributed by atoms with Crippen molar-refractivity contribution in [2.24, 2.45) is 0 Å². The van der Waals surface area contributed by atoms with Crippen LogP contribution >= 0.6 is 23.4 Å². The maximum absolute atomic E-state index is 10.9. The summed E-state index contributed by atoms with van der Waals surface area (Å²) >= 11 is 6.51. The quantitative estimate of drug-likeness (QED) is 0.645. The summed E-state index contributed by atoms with van der Waals surface area (Å²) in [5.74, 6) is 0.452. The predicted octanol–water partition coefficient (Wildman–Crippen LogP) is 0.373. The van der Waals surface area contributed by atoms with E-state index in [1.807, 2.05) is 0 Å². The molecule has 1 N–H and O–H groups in total. The van der Waals surface area contributed by atoms with Gasteiger partial charge in [0.25, 0.3) is 0 Å². The number of hydrogen-bond donors (Lipinski definition) is 1. The summed E-state index contributed by atoms with van der Waals surface area (Å²) < 4.78 is 0. The molecule has 11 heavy (non-hydrogen) atoms. The number of carbonyl (C=O) groups is 2. The lowest BCUT2D eigenvalue weighted by molar-refractivity contribution is -0.122. The maximum atomic E-state index is 10.9. The predicted molar refractivity (Wildman–Crippen MR) is 44.7 cm³/mol. The van der Waals surface area contributed by atoms with Crippen LogP contribution in [0.4, 0.5) is 0 Å². The van der Waals surface area contributed by atoms with Gasteiger partial charge < -0.3 is 5.32 Å². The van der Waals surface area contributed by atoms with Crippen molar-refractivity contribution < 1.29 is 9.59 Å². The minimum absolute atomic E-state index is 0.0449. The minimum atomic E-state index is -0.300. The molecule has 0 aromatic carbocycles. The van der Waals surface area contributed by atoms with Crippen LogP contribution in [0, 0.1) is 0 Å². The molecule has 0 aromatic rings. The van der Waals surface area contributed by atoms with E-state index in [1.54, 1.807) is 0 Å². The number of thioether (sulfide) groups is 1. The molecule has 1 amide bonds. The van der Waals surface area contributed by atoms with Crippen LogP contribution in [0.2, 0.25) is 0 Å². The SMILES string of the molecule is O=C(CCl)NC1CCSC1=O. The highest BCUT2D eigenvalue weighted by Gasteiger charge is 2.26. The zero-order valence-electron chi connectivity index (χ0n) is 5.80. The second-order valence-electron chi connectivity index (χ2n) is 2.21. The second-order valence-corrected chi connectivity index (χ2v) is 3.58. The van der Waals surface area contributed by atoms with Crippen molar-refractivity contribution in [3.05, 3.63) is 0 Å². The van der Waals surface area contributed by atoms with Gasteiger partial charge in [-0.3, -0.25) is 9.59 Å². The number of hydrogen-bond acceptors (Lipinski definition) is 3. The fourth-order valence-electron chi connectivity index (χ4n) is 0.860. The van der Waals surface area contributed by atoms with Gasteiger partial charge in [-0.15, -0.1) is 11.6 Å². The molecular weight excluding hydrogens is 186 g/mol. The Morgan fingerprint density at radius 1 is 1.82 bits per heavy atom. The van der Waals surface area contributed by atoms with E-state index in [4.69, 9.17) is 11.6 Å². The molecule has 1 aliphatic rings. The Bertz CT molecular complexity index is 185. The normalized spacial score (nSPS) is 23.7. The van der Waals surface area contributed by atoms with Crippen molar-refractivity contribution in [1.29, 1.82) is 0 Å². The Hall–Kier alpha value is -0.220. The fraction of sp³-hybridized carbons (Fsp3) is 0.667. The van der Waals surface area contributed by atoms with Gasteiger partial charge in [-0.2, -0.15) is 0 Å². The topological polar surface area (TPSA) is 46.2 Å². The Morgan fingerprint density at radius 3 is 3.00 bits per heavy atom. The van der Waals surface area contributed by atoms with Crippen LogP contribution in [-0.2, 0) is 9.59 Å². The van der Waals surface area contributed by atoms with E-state index in [0.717, 1.165) is 12.2 Å². The molecule has 0 aromatic heterocycles. The van der Waals surface area contributed by atoms with Gasteiger partial charge in [-0.05, 0) is 6.42 Å². The van der Waals surface area contributed by atoms with Gasteiger partial charge >= 0.3 is 0 Å². The van der Waals surface area contributed by atoms with Crippen LogP contribution < -0.4 is 5.32 Å². The van der Waals surface area contributed by atoms with Gasteiger partial charge in [0.15, 0.2) is 0 Å². The molecule has 0 aliphatic carbocycles. The average Bonchev–Trinajstić information content (AvgIpc) is 2.37. The number of halogens is 1. The molecule has 1 atom stereocenters. The van der Waals surface area contributed by atoms with Crippen LogP contribution in [-0.4, -0.2) is 28.7 Å². The molecule has 62 valence electrons. The van der Waals surface area contributed by atoms with E-state index in [9.17, 15) is 9.59 Å². The van der Waals surface area contributed by atoms with Crippen LogP contribution in [0.25, 0.3) is 0 Å². The minimum Gasteiger partial charge on any atom is -0.344 e. The number of amides is 1. The molecule has 5 heteroatoms. The van der Waals surface area contributed by atoms with E-state index in [-0.39, 0.29) is 22.9 Å². The first kappa shape index (κ1) is 8.87. The van der Waals surface area contributed by atoms with Gasteiger partial charge in [-0.1, -0.05) is 11.8 Å². The standard InChI is InChI=1S/C6H8ClNO2S/c7-3-5(9)8-4-1-2-11-6(4)10/h4H,1-3H2,(H,8,9). The van der Waals surface area contributed by atoms with Crippen molar-refractivity contribution in [2.75, 3.05) is 11.6 Å². The number of alkyl halides is 1. The van der Waals surface area contributed by atoms with Gasteiger partial charge in [0.1, 0.15) is 5.88 Å². The molecular formula is C6H8ClNO2S. The van der Waals surface area contributed by atoms with Crippen molar-refractivity contribution in [3.63, 3.8) is 0 Å². The molecule has 1 fully saturated rings. The largest absolute Gasteiger partial charge is 0.344 e. The van der Waals surface area contributed by atoms with Gasteiger partial charge in [0, 0.05) is 5.75 Å². The average molecular weight is 194 g/mol. The number of carbonyl (C=O) groups excluding carboxylic acids is 2. The number of nitrogens with one attached hydrogen (secondary N) is 1. The molecule has 0 spiro atoms. The van der Waals surface area contributed by atoms with Gasteiger partial charge in [0.05, 0.1) is 6.04 Å². The molecule has 1 aliphatic heterocycles. The van der Waals surface area contributed by atoms with Crippen molar-refractivity contribution in [1.82, 2.24) is 5.32 Å². The van der Waals surface area contributed by atoms with Crippen LogP contribution in [0.3, 0.4) is 0 Å². The lowest BCUT2D eigenvalue weighted by atomic mass is 10.2. The first-order valence-corrected chi connectivity index (χ1v) is 4.78. The molecule has 0 radical (unpaired) electrons. The highest BCUT2D eigenvalue weighted by molar-refractivity contribution is 8.14. The third kappa shape index (κ3) is 2.38. The molecule has 0 bridgehead atoms. The molecule has 1 rings (SSSR count). The number of rotatable bonds is 2. The summed E-state index contributed by atoms with van der Waals surface area (Å²) in [6.07, 6.45) is 0.728. The first-order chi connectivity index (χ1) is 5.24. The van der Waals surface area contributed by atoms with Crippen molar-refractivity contribution >= 4 is 34.4 Å². The van der Waals surface area contributed by atoms with E-state index < -0.39 is 0 Å². The van der Waals surface area contributed by atoms with Crippen molar-refractivity contribution in [3.8, 4) is 0 Å². The van der Waals surface area contributed by atoms with Gasteiger partial charge in [-0.25, -0.2) is 0 Å². The molecule has 0 saturated carbocycles. The van der Waals surface area contributed by atoms with Crippen LogP contribution in [0.15, 0.2) is 0 Å². The summed E-state index contributed by atoms with van der Waals surface area (Å²) in [6, 6.07) is -0.300. The Labute approximate surface area is 73.9 Å². The first-order valence-electron chi connectivity index (χ1n) is 3.26. The molecule has 1 heterocycles. The summed E-state index contributed by atoms with van der Waals surface area (Å²) in [7, 11) is 0. The molecule has 3 nitrogen and oxygen atoms in total. The Balaban J connectivity index is 2.36. The Morgan fingerprint density at radius 2 is 2.55 bits per heavy atom. The smallest absolute Gasteiger partial charge is 0.235 e. The van der Waals surface area contributed by atoms with Crippen LogP contribution in [0.5, 0.6) is 0 Å². The fourth-order valence-corrected chi connectivity index (χ4v) is 1.87.